The summed E-state index contributed by atoms with van der Waals surface area (Å²) in [7, 11) is 2.01. The molecule has 1 aromatic rings. The van der Waals surface area contributed by atoms with Crippen LogP contribution in [0.1, 0.15) is 35.8 Å². The van der Waals surface area contributed by atoms with Crippen molar-refractivity contribution < 1.29 is 4.79 Å². The molecule has 1 aliphatic heterocycles. The van der Waals surface area contributed by atoms with Crippen LogP contribution in [0.25, 0.3) is 0 Å². The van der Waals surface area contributed by atoms with Crippen molar-refractivity contribution in [2.75, 3.05) is 25.0 Å². The Morgan fingerprint density at radius 2 is 2.05 bits per heavy atom. The fourth-order valence-electron chi connectivity index (χ4n) is 2.43. The molecule has 0 aromatic carbocycles. The molecule has 0 saturated carbocycles. The molecule has 3 N–H and O–H groups in total. The van der Waals surface area contributed by atoms with Crippen LogP contribution >= 0.6 is 0 Å². The van der Waals surface area contributed by atoms with Crippen molar-refractivity contribution in [3.05, 3.63) is 23.4 Å². The minimum Gasteiger partial charge on any atom is -0.366 e. The average Bonchev–Trinajstić information content (AvgIpc) is 2.39. The minimum atomic E-state index is -0.399. The fourth-order valence-corrected chi connectivity index (χ4v) is 2.43. The van der Waals surface area contributed by atoms with E-state index < -0.39 is 5.91 Å². The summed E-state index contributed by atoms with van der Waals surface area (Å²) in [4.78, 5) is 18.0. The van der Waals surface area contributed by atoms with Gasteiger partial charge in [0.05, 0.1) is 0 Å². The monoisotopic (exact) mass is 262 g/mol. The Labute approximate surface area is 114 Å². The first-order valence-electron chi connectivity index (χ1n) is 6.66. The summed E-state index contributed by atoms with van der Waals surface area (Å²) in [6.45, 7) is 6.00. The molecule has 104 valence electrons. The summed E-state index contributed by atoms with van der Waals surface area (Å²) in [5, 5.41) is 3.37. The van der Waals surface area contributed by atoms with Gasteiger partial charge in [-0.2, -0.15) is 0 Å². The third kappa shape index (κ3) is 3.04. The summed E-state index contributed by atoms with van der Waals surface area (Å²) < 4.78 is 0. The van der Waals surface area contributed by atoms with Crippen LogP contribution in [0.5, 0.6) is 0 Å². The maximum Gasteiger partial charge on any atom is 0.248 e. The van der Waals surface area contributed by atoms with Gasteiger partial charge < -0.3 is 16.0 Å². The number of nitrogens with two attached hydrogens (primary N) is 1. The molecule has 1 saturated heterocycles. The van der Waals surface area contributed by atoms with E-state index in [4.69, 9.17) is 5.73 Å². The van der Waals surface area contributed by atoms with E-state index in [-0.39, 0.29) is 5.54 Å². The van der Waals surface area contributed by atoms with Gasteiger partial charge in [-0.25, -0.2) is 4.98 Å². The number of carbonyl (C=O) groups excluding carboxylic acids is 1. The molecule has 1 aliphatic rings. The topological polar surface area (TPSA) is 71.2 Å². The van der Waals surface area contributed by atoms with Crippen molar-refractivity contribution in [2.45, 2.75) is 32.2 Å². The zero-order valence-electron chi connectivity index (χ0n) is 11.9. The van der Waals surface area contributed by atoms with E-state index in [0.29, 0.717) is 5.56 Å². The van der Waals surface area contributed by atoms with E-state index in [1.165, 1.54) is 0 Å². The first-order valence-corrected chi connectivity index (χ1v) is 6.66. The number of hydrogen-bond acceptors (Lipinski definition) is 4. The predicted molar refractivity (Wildman–Crippen MR) is 76.4 cm³/mol. The second-order valence-corrected chi connectivity index (χ2v) is 5.52. The highest BCUT2D eigenvalue weighted by molar-refractivity contribution is 5.93. The van der Waals surface area contributed by atoms with Gasteiger partial charge in [-0.05, 0) is 45.9 Å². The molecule has 0 radical (unpaired) electrons. The summed E-state index contributed by atoms with van der Waals surface area (Å²) in [6.07, 6.45) is 2.12. The summed E-state index contributed by atoms with van der Waals surface area (Å²) in [5.41, 5.74) is 6.91. The largest absolute Gasteiger partial charge is 0.366 e. The second-order valence-electron chi connectivity index (χ2n) is 5.52. The Morgan fingerprint density at radius 1 is 1.42 bits per heavy atom. The number of nitrogens with one attached hydrogen (secondary N) is 1. The van der Waals surface area contributed by atoms with Crippen LogP contribution in [0.2, 0.25) is 0 Å². The van der Waals surface area contributed by atoms with Crippen LogP contribution < -0.4 is 16.0 Å². The second kappa shape index (κ2) is 5.17. The predicted octanol–water partition coefficient (Wildman–Crippen LogP) is 1.07. The molecule has 1 fully saturated rings. The molecular weight excluding hydrogens is 240 g/mol. The van der Waals surface area contributed by atoms with E-state index in [1.54, 1.807) is 12.1 Å². The number of amides is 1. The van der Waals surface area contributed by atoms with Crippen molar-refractivity contribution in [1.29, 1.82) is 0 Å². The number of pyridine rings is 1. The lowest BCUT2D eigenvalue weighted by molar-refractivity contribution is 0.1000. The third-order valence-electron chi connectivity index (χ3n) is 4.02. The SMILES string of the molecule is CNC1(C)CCN(c2cc(C(N)=O)cc(C)n2)CC1. The highest BCUT2D eigenvalue weighted by Gasteiger charge is 2.28. The van der Waals surface area contributed by atoms with E-state index in [9.17, 15) is 4.79 Å². The van der Waals surface area contributed by atoms with Gasteiger partial charge in [0.25, 0.3) is 0 Å². The maximum absolute atomic E-state index is 11.3. The van der Waals surface area contributed by atoms with Gasteiger partial charge in [-0.3, -0.25) is 4.79 Å². The van der Waals surface area contributed by atoms with Gasteiger partial charge in [-0.15, -0.1) is 0 Å². The standard InChI is InChI=1S/C14H22N4O/c1-10-8-11(13(15)19)9-12(17-10)18-6-4-14(2,16-3)5-7-18/h8-9,16H,4-7H2,1-3H3,(H2,15,19). The van der Waals surface area contributed by atoms with E-state index >= 15 is 0 Å². The lowest BCUT2D eigenvalue weighted by atomic mass is 9.90. The van der Waals surface area contributed by atoms with Crippen LogP contribution in [0.3, 0.4) is 0 Å². The van der Waals surface area contributed by atoms with Gasteiger partial charge in [0.15, 0.2) is 0 Å². The molecule has 0 spiro atoms. The van der Waals surface area contributed by atoms with Crippen molar-refractivity contribution in [1.82, 2.24) is 10.3 Å². The number of piperidine rings is 1. The van der Waals surface area contributed by atoms with Crippen molar-refractivity contribution in [3.8, 4) is 0 Å². The number of nitrogens with zero attached hydrogens (tertiary/aromatic N) is 2. The summed E-state index contributed by atoms with van der Waals surface area (Å²) >= 11 is 0. The van der Waals surface area contributed by atoms with Gasteiger partial charge in [0, 0.05) is 29.9 Å². The summed E-state index contributed by atoms with van der Waals surface area (Å²) in [6, 6.07) is 3.52. The van der Waals surface area contributed by atoms with Crippen LogP contribution in [0, 0.1) is 6.92 Å². The Morgan fingerprint density at radius 3 is 2.58 bits per heavy atom. The molecule has 5 nitrogen and oxygen atoms in total. The number of aryl methyl sites for hydroxylation is 1. The van der Waals surface area contributed by atoms with E-state index in [0.717, 1.165) is 37.4 Å². The van der Waals surface area contributed by atoms with Gasteiger partial charge in [-0.1, -0.05) is 0 Å². The molecule has 5 heteroatoms. The number of aromatic nitrogens is 1. The molecule has 0 bridgehead atoms. The Bertz CT molecular complexity index is 478. The Balaban J connectivity index is 2.17. The van der Waals surface area contributed by atoms with Gasteiger partial charge in [0.2, 0.25) is 5.91 Å². The number of carbonyl (C=O) groups is 1. The van der Waals surface area contributed by atoms with Crippen molar-refractivity contribution in [3.63, 3.8) is 0 Å². The molecule has 19 heavy (non-hydrogen) atoms. The quantitative estimate of drug-likeness (QED) is 0.854. The molecule has 0 atom stereocenters. The molecule has 0 aliphatic carbocycles. The number of primary amides is 1. The number of rotatable bonds is 3. The van der Waals surface area contributed by atoms with Crippen molar-refractivity contribution in [2.24, 2.45) is 5.73 Å². The molecule has 1 amide bonds. The zero-order valence-corrected chi connectivity index (χ0v) is 11.9. The first kappa shape index (κ1) is 13.8. The fraction of sp³-hybridized carbons (Fsp3) is 0.571. The molecular formula is C14H22N4O. The Hall–Kier alpha value is -1.62. The average molecular weight is 262 g/mol. The highest BCUT2D eigenvalue weighted by Crippen LogP contribution is 2.25. The lowest BCUT2D eigenvalue weighted by Gasteiger charge is -2.40. The van der Waals surface area contributed by atoms with Crippen molar-refractivity contribution >= 4 is 11.7 Å². The zero-order chi connectivity index (χ0) is 14.0. The highest BCUT2D eigenvalue weighted by atomic mass is 16.1. The molecule has 1 aromatic heterocycles. The Kier molecular flexibility index (Phi) is 3.75. The first-order chi connectivity index (χ1) is 8.93. The normalized spacial score (nSPS) is 18.4. The maximum atomic E-state index is 11.3. The van der Waals surface area contributed by atoms with Crippen LogP contribution in [-0.2, 0) is 0 Å². The minimum absolute atomic E-state index is 0.201. The molecule has 2 heterocycles. The lowest BCUT2D eigenvalue weighted by Crippen LogP contribution is -2.50. The van der Waals surface area contributed by atoms with Crippen LogP contribution in [-0.4, -0.2) is 36.6 Å². The van der Waals surface area contributed by atoms with E-state index in [1.807, 2.05) is 14.0 Å². The van der Waals surface area contributed by atoms with Gasteiger partial charge in [0.1, 0.15) is 5.82 Å². The smallest absolute Gasteiger partial charge is 0.248 e. The van der Waals surface area contributed by atoms with Gasteiger partial charge >= 0.3 is 0 Å². The number of hydrogen-bond donors (Lipinski definition) is 2. The van der Waals surface area contributed by atoms with Crippen LogP contribution in [0.15, 0.2) is 12.1 Å². The molecule has 0 unspecified atom stereocenters. The van der Waals surface area contributed by atoms with E-state index in [2.05, 4.69) is 22.1 Å². The van der Waals surface area contributed by atoms with Crippen LogP contribution in [0.4, 0.5) is 5.82 Å². The summed E-state index contributed by atoms with van der Waals surface area (Å²) in [5.74, 6) is 0.454. The number of anilines is 1. The third-order valence-corrected chi connectivity index (χ3v) is 4.02. The molecule has 2 rings (SSSR count).